The van der Waals surface area contributed by atoms with Crippen molar-refractivity contribution in [3.63, 3.8) is 0 Å². The van der Waals surface area contributed by atoms with Crippen molar-refractivity contribution in [3.05, 3.63) is 64.4 Å². The number of benzene rings is 2. The van der Waals surface area contributed by atoms with Crippen LogP contribution >= 0.6 is 15.9 Å². The molecule has 2 aliphatic rings. The number of rotatable bonds is 2. The van der Waals surface area contributed by atoms with E-state index in [-0.39, 0.29) is 30.7 Å². The van der Waals surface area contributed by atoms with Crippen molar-refractivity contribution < 1.29 is 18.8 Å². The number of imide groups is 1. The molecule has 0 bridgehead atoms. The molecule has 126 valence electrons. The Balaban J connectivity index is 1.74. The normalized spacial score (nSPS) is 22.5. The van der Waals surface area contributed by atoms with Gasteiger partial charge < -0.3 is 4.84 Å². The highest BCUT2D eigenvalue weighted by Crippen LogP contribution is 2.42. The Hall–Kier alpha value is -2.54. The predicted octanol–water partition coefficient (Wildman–Crippen LogP) is 3.27. The summed E-state index contributed by atoms with van der Waals surface area (Å²) in [4.78, 5) is 32.1. The predicted molar refractivity (Wildman–Crippen MR) is 92.6 cm³/mol. The molecule has 25 heavy (non-hydrogen) atoms. The maximum Gasteiger partial charge on any atom is 0.250 e. The van der Waals surface area contributed by atoms with E-state index in [9.17, 15) is 14.0 Å². The number of hydrogen-bond acceptors (Lipinski definition) is 4. The zero-order chi connectivity index (χ0) is 17.6. The molecule has 7 heteroatoms. The summed E-state index contributed by atoms with van der Waals surface area (Å²) in [5.41, 5.74) is 0.269. The van der Waals surface area contributed by atoms with Gasteiger partial charge in [-0.1, -0.05) is 33.2 Å². The second-order valence-corrected chi connectivity index (χ2v) is 6.91. The van der Waals surface area contributed by atoms with Crippen molar-refractivity contribution in [1.82, 2.24) is 0 Å². The Kier molecular flexibility index (Phi) is 3.68. The third-order valence-corrected chi connectivity index (χ3v) is 4.97. The van der Waals surface area contributed by atoms with Crippen LogP contribution in [0.4, 0.5) is 10.1 Å². The van der Waals surface area contributed by atoms with Crippen molar-refractivity contribution >= 4 is 39.1 Å². The molecule has 0 aliphatic carbocycles. The topological polar surface area (TPSA) is 59.0 Å². The van der Waals surface area contributed by atoms with Gasteiger partial charge in [-0.05, 0) is 36.4 Å². The van der Waals surface area contributed by atoms with Crippen molar-refractivity contribution in [2.45, 2.75) is 6.42 Å². The maximum absolute atomic E-state index is 13.2. The summed E-state index contributed by atoms with van der Waals surface area (Å²) in [5.74, 6) is -1.07. The summed E-state index contributed by atoms with van der Waals surface area (Å²) in [5, 5.41) is 3.98. The minimum absolute atomic E-state index is 0.00267. The van der Waals surface area contributed by atoms with Crippen LogP contribution in [0, 0.1) is 11.2 Å². The van der Waals surface area contributed by atoms with Crippen LogP contribution in [0.3, 0.4) is 0 Å². The van der Waals surface area contributed by atoms with Gasteiger partial charge >= 0.3 is 0 Å². The zero-order valence-electron chi connectivity index (χ0n) is 12.9. The molecule has 1 saturated heterocycles. The first-order valence-corrected chi connectivity index (χ1v) is 8.40. The van der Waals surface area contributed by atoms with Crippen molar-refractivity contribution in [1.29, 1.82) is 0 Å². The molecule has 2 amide bonds. The minimum atomic E-state index is -1.16. The Bertz CT molecular complexity index is 896. The second-order valence-electron chi connectivity index (χ2n) is 5.99. The number of nitrogens with zero attached hydrogens (tertiary/aromatic N) is 2. The molecule has 0 N–H and O–H groups in total. The van der Waals surface area contributed by atoms with Crippen LogP contribution in [0.2, 0.25) is 0 Å². The van der Waals surface area contributed by atoms with Crippen LogP contribution in [-0.2, 0) is 14.4 Å². The molecule has 0 radical (unpaired) electrons. The summed E-state index contributed by atoms with van der Waals surface area (Å²) in [6, 6.07) is 12.6. The first-order valence-electron chi connectivity index (χ1n) is 7.61. The number of hydrogen-bond donors (Lipinski definition) is 0. The van der Waals surface area contributed by atoms with Gasteiger partial charge in [0.15, 0.2) is 0 Å². The van der Waals surface area contributed by atoms with Gasteiger partial charge in [0, 0.05) is 10.0 Å². The molecule has 4 rings (SSSR count). The highest BCUT2D eigenvalue weighted by molar-refractivity contribution is 9.10. The van der Waals surface area contributed by atoms with Gasteiger partial charge in [-0.3, -0.25) is 9.59 Å². The summed E-state index contributed by atoms with van der Waals surface area (Å²) < 4.78 is 14.0. The minimum Gasteiger partial charge on any atom is -0.394 e. The van der Waals surface area contributed by atoms with E-state index in [1.165, 1.54) is 29.2 Å². The number of carbonyl (C=O) groups is 2. The Labute approximate surface area is 151 Å². The first kappa shape index (κ1) is 16.0. The van der Waals surface area contributed by atoms with Gasteiger partial charge in [-0.25, -0.2) is 9.29 Å². The lowest BCUT2D eigenvalue weighted by Crippen LogP contribution is -2.41. The highest BCUT2D eigenvalue weighted by Gasteiger charge is 2.59. The molecule has 1 atom stereocenters. The zero-order valence-corrected chi connectivity index (χ0v) is 14.5. The maximum atomic E-state index is 13.2. The smallest absolute Gasteiger partial charge is 0.250 e. The van der Waals surface area contributed by atoms with E-state index in [1.54, 1.807) is 24.3 Å². The average molecular weight is 403 g/mol. The fourth-order valence-electron chi connectivity index (χ4n) is 3.19. The molecule has 1 spiro atoms. The van der Waals surface area contributed by atoms with E-state index >= 15 is 0 Å². The molecule has 2 aliphatic heterocycles. The number of halogens is 2. The second kappa shape index (κ2) is 5.77. The number of anilines is 1. The van der Waals surface area contributed by atoms with Crippen molar-refractivity contribution in [3.8, 4) is 0 Å². The fourth-order valence-corrected chi connectivity index (χ4v) is 3.45. The largest absolute Gasteiger partial charge is 0.394 e. The first-order chi connectivity index (χ1) is 12.0. The molecule has 0 aromatic heterocycles. The van der Waals surface area contributed by atoms with Gasteiger partial charge in [0.05, 0.1) is 12.1 Å². The molecule has 2 aromatic rings. The average Bonchev–Trinajstić information content (AvgIpc) is 3.12. The standard InChI is InChI=1S/C18H12BrFN2O3/c19-12-3-7-14(8-4-12)22-15(23)9-18(17(22)24)10-25-21-16(18)11-1-5-13(20)6-2-11/h1-8H,9-10H2/t18-/m1/s1. The molecular weight excluding hydrogens is 391 g/mol. The quantitative estimate of drug-likeness (QED) is 0.724. The third kappa shape index (κ3) is 2.46. The van der Waals surface area contributed by atoms with Crippen LogP contribution in [0.5, 0.6) is 0 Å². The van der Waals surface area contributed by atoms with Crippen LogP contribution in [0.25, 0.3) is 0 Å². The lowest BCUT2D eigenvalue weighted by atomic mass is 9.79. The number of oxime groups is 1. The van der Waals surface area contributed by atoms with Gasteiger partial charge in [-0.15, -0.1) is 0 Å². The fraction of sp³-hybridized carbons (Fsp3) is 0.167. The summed E-state index contributed by atoms with van der Waals surface area (Å²) in [6.07, 6.45) is -0.0297. The van der Waals surface area contributed by atoms with E-state index in [1.807, 2.05) is 0 Å². The molecule has 2 aromatic carbocycles. The van der Waals surface area contributed by atoms with Gasteiger partial charge in [0.25, 0.3) is 0 Å². The lowest BCUT2D eigenvalue weighted by molar-refractivity contribution is -0.124. The van der Waals surface area contributed by atoms with E-state index in [2.05, 4.69) is 21.1 Å². The van der Waals surface area contributed by atoms with E-state index in [4.69, 9.17) is 4.84 Å². The molecule has 1 fully saturated rings. The lowest BCUT2D eigenvalue weighted by Gasteiger charge is -2.21. The van der Waals surface area contributed by atoms with Crippen molar-refractivity contribution in [2.75, 3.05) is 11.5 Å². The van der Waals surface area contributed by atoms with E-state index < -0.39 is 5.41 Å². The SMILES string of the molecule is O=C1C[C@]2(CON=C2c2ccc(F)cc2)C(=O)N1c1ccc(Br)cc1. The summed E-state index contributed by atoms with van der Waals surface area (Å²) in [6.45, 7) is -0.00267. The van der Waals surface area contributed by atoms with Crippen LogP contribution < -0.4 is 4.90 Å². The molecule has 0 saturated carbocycles. The Morgan fingerprint density at radius 2 is 1.76 bits per heavy atom. The van der Waals surface area contributed by atoms with Gasteiger partial charge in [0.2, 0.25) is 11.8 Å². The summed E-state index contributed by atoms with van der Waals surface area (Å²) >= 11 is 3.33. The Morgan fingerprint density at radius 3 is 2.44 bits per heavy atom. The van der Waals surface area contributed by atoms with E-state index in [0.717, 1.165) is 4.47 Å². The highest BCUT2D eigenvalue weighted by atomic mass is 79.9. The number of amides is 2. The number of carbonyl (C=O) groups excluding carboxylic acids is 2. The van der Waals surface area contributed by atoms with Crippen LogP contribution in [0.15, 0.2) is 58.2 Å². The monoisotopic (exact) mass is 402 g/mol. The summed E-state index contributed by atoms with van der Waals surface area (Å²) in [7, 11) is 0. The van der Waals surface area contributed by atoms with Gasteiger partial charge in [0.1, 0.15) is 23.6 Å². The van der Waals surface area contributed by atoms with Crippen LogP contribution in [0.1, 0.15) is 12.0 Å². The van der Waals surface area contributed by atoms with Crippen LogP contribution in [-0.4, -0.2) is 24.1 Å². The molecular formula is C18H12BrFN2O3. The van der Waals surface area contributed by atoms with Crippen molar-refractivity contribution in [2.24, 2.45) is 10.6 Å². The molecule has 0 unspecified atom stereocenters. The Morgan fingerprint density at radius 1 is 1.08 bits per heavy atom. The molecule has 2 heterocycles. The third-order valence-electron chi connectivity index (χ3n) is 4.44. The molecule has 5 nitrogen and oxygen atoms in total. The van der Waals surface area contributed by atoms with E-state index in [0.29, 0.717) is 17.0 Å². The van der Waals surface area contributed by atoms with Gasteiger partial charge in [-0.2, -0.15) is 0 Å².